The first kappa shape index (κ1) is 11.4. The molecule has 0 radical (unpaired) electrons. The number of amides is 1. The molecule has 5 heteroatoms. The van der Waals surface area contributed by atoms with Gasteiger partial charge in [-0.25, -0.2) is 4.39 Å². The van der Waals surface area contributed by atoms with Gasteiger partial charge in [0.25, 0.3) is 0 Å². The van der Waals surface area contributed by atoms with Crippen molar-refractivity contribution in [3.63, 3.8) is 0 Å². The lowest BCUT2D eigenvalue weighted by Crippen LogP contribution is -2.48. The Kier molecular flexibility index (Phi) is 2.83. The molecule has 96 valence electrons. The summed E-state index contributed by atoms with van der Waals surface area (Å²) in [6.07, 6.45) is 0.231. The fourth-order valence-corrected chi connectivity index (χ4v) is 3.05. The minimum atomic E-state index is -0.757. The van der Waals surface area contributed by atoms with Crippen LogP contribution >= 0.6 is 0 Å². The van der Waals surface area contributed by atoms with E-state index in [2.05, 4.69) is 11.9 Å². The molecule has 0 aromatic heterocycles. The maximum atomic E-state index is 12.8. The number of alkyl halides is 1. The molecule has 0 aromatic carbocycles. The highest BCUT2D eigenvalue weighted by atomic mass is 19.1. The first-order valence-electron chi connectivity index (χ1n) is 6.40. The molecule has 3 rings (SSSR count). The molecule has 0 N–H and O–H groups in total. The average Bonchev–Trinajstić information content (AvgIpc) is 2.69. The Morgan fingerprint density at radius 1 is 1.35 bits per heavy atom. The minimum Gasteiger partial charge on any atom is -0.373 e. The summed E-state index contributed by atoms with van der Waals surface area (Å²) < 4.78 is 18.5. The fraction of sp³-hybridized carbons (Fsp3) is 0.917. The molecule has 0 aromatic rings. The largest absolute Gasteiger partial charge is 0.373 e. The van der Waals surface area contributed by atoms with Crippen LogP contribution in [0.4, 0.5) is 4.39 Å². The highest BCUT2D eigenvalue weighted by Gasteiger charge is 2.44. The molecule has 3 fully saturated rings. The van der Waals surface area contributed by atoms with Gasteiger partial charge in [0.1, 0.15) is 6.17 Å². The van der Waals surface area contributed by atoms with Crippen molar-refractivity contribution in [2.24, 2.45) is 5.92 Å². The zero-order chi connectivity index (χ0) is 12.0. The van der Waals surface area contributed by atoms with Crippen LogP contribution in [0.15, 0.2) is 0 Å². The van der Waals surface area contributed by atoms with E-state index in [4.69, 9.17) is 4.74 Å². The van der Waals surface area contributed by atoms with Crippen molar-refractivity contribution in [3.8, 4) is 0 Å². The van der Waals surface area contributed by atoms with Crippen LogP contribution in [0.2, 0.25) is 0 Å². The van der Waals surface area contributed by atoms with Crippen molar-refractivity contribution < 1.29 is 13.9 Å². The van der Waals surface area contributed by atoms with E-state index in [-0.39, 0.29) is 17.9 Å². The normalized spacial score (nSPS) is 42.1. The van der Waals surface area contributed by atoms with Crippen LogP contribution in [0.1, 0.15) is 12.8 Å². The van der Waals surface area contributed by atoms with Crippen LogP contribution in [0.5, 0.6) is 0 Å². The number of nitrogens with zero attached hydrogens (tertiary/aromatic N) is 2. The lowest BCUT2D eigenvalue weighted by Gasteiger charge is -2.33. The third kappa shape index (κ3) is 1.95. The lowest BCUT2D eigenvalue weighted by molar-refractivity contribution is -0.139. The Bertz CT molecular complexity index is 320. The standard InChI is InChI=1S/C12H19FN2O2/c1-14-2-3-17-11-7-15(6-10(11)14)12(16)8-4-9(13)5-8/h8-11H,2-7H2,1H3/t8?,9?,10-,11+/m1/s1. The third-order valence-corrected chi connectivity index (χ3v) is 4.32. The zero-order valence-corrected chi connectivity index (χ0v) is 10.1. The monoisotopic (exact) mass is 242 g/mol. The number of ether oxygens (including phenoxy) is 1. The molecule has 0 spiro atoms. The van der Waals surface area contributed by atoms with Crippen molar-refractivity contribution in [1.29, 1.82) is 0 Å². The molecule has 1 amide bonds. The first-order chi connectivity index (χ1) is 8.15. The summed E-state index contributed by atoms with van der Waals surface area (Å²) in [6, 6.07) is 0.328. The number of fused-ring (bicyclic) bond motifs is 1. The average molecular weight is 242 g/mol. The van der Waals surface area contributed by atoms with E-state index in [1.54, 1.807) is 0 Å². The summed E-state index contributed by atoms with van der Waals surface area (Å²) in [4.78, 5) is 16.2. The number of morpholine rings is 1. The zero-order valence-electron chi connectivity index (χ0n) is 10.1. The number of likely N-dealkylation sites (tertiary alicyclic amines) is 1. The van der Waals surface area contributed by atoms with E-state index in [9.17, 15) is 9.18 Å². The second kappa shape index (κ2) is 4.21. The van der Waals surface area contributed by atoms with Crippen LogP contribution < -0.4 is 0 Å². The third-order valence-electron chi connectivity index (χ3n) is 4.32. The molecule has 2 aliphatic heterocycles. The second-order valence-electron chi connectivity index (χ2n) is 5.47. The minimum absolute atomic E-state index is 0.0736. The summed E-state index contributed by atoms with van der Waals surface area (Å²) in [5.41, 5.74) is 0. The lowest BCUT2D eigenvalue weighted by atomic mass is 9.82. The first-order valence-corrected chi connectivity index (χ1v) is 6.40. The molecular weight excluding hydrogens is 223 g/mol. The number of carbonyl (C=O) groups excluding carboxylic acids is 1. The maximum Gasteiger partial charge on any atom is 0.226 e. The maximum absolute atomic E-state index is 12.8. The van der Waals surface area contributed by atoms with E-state index in [0.29, 0.717) is 25.4 Å². The Balaban J connectivity index is 1.61. The van der Waals surface area contributed by atoms with Crippen LogP contribution in [-0.4, -0.2) is 67.3 Å². The Hall–Kier alpha value is -0.680. The molecule has 3 aliphatic rings. The van der Waals surface area contributed by atoms with Gasteiger partial charge >= 0.3 is 0 Å². The number of hydrogen-bond acceptors (Lipinski definition) is 3. The summed E-state index contributed by atoms with van der Waals surface area (Å²) in [5, 5.41) is 0. The fourth-order valence-electron chi connectivity index (χ4n) is 3.05. The quantitative estimate of drug-likeness (QED) is 0.662. The van der Waals surface area contributed by atoms with Crippen molar-refractivity contribution in [1.82, 2.24) is 9.80 Å². The van der Waals surface area contributed by atoms with Crippen molar-refractivity contribution in [2.75, 3.05) is 33.3 Å². The molecule has 0 bridgehead atoms. The molecule has 2 saturated heterocycles. The van der Waals surface area contributed by atoms with Crippen LogP contribution in [0.25, 0.3) is 0 Å². The van der Waals surface area contributed by atoms with Crippen LogP contribution in [0.3, 0.4) is 0 Å². The van der Waals surface area contributed by atoms with Gasteiger partial charge in [0.15, 0.2) is 0 Å². The molecule has 0 unspecified atom stereocenters. The number of likely N-dealkylation sites (N-methyl/N-ethyl adjacent to an activating group) is 1. The molecule has 1 aliphatic carbocycles. The summed E-state index contributed by atoms with van der Waals surface area (Å²) in [5.74, 6) is 0.0563. The van der Waals surface area contributed by atoms with Gasteiger partial charge in [0.05, 0.1) is 18.8 Å². The van der Waals surface area contributed by atoms with E-state index in [0.717, 1.165) is 19.7 Å². The van der Waals surface area contributed by atoms with Gasteiger partial charge in [-0.3, -0.25) is 9.69 Å². The highest BCUT2D eigenvalue weighted by Crippen LogP contribution is 2.33. The van der Waals surface area contributed by atoms with Gasteiger partial charge in [-0.15, -0.1) is 0 Å². The van der Waals surface area contributed by atoms with E-state index in [1.807, 2.05) is 4.90 Å². The number of halogens is 1. The predicted molar refractivity (Wildman–Crippen MR) is 60.4 cm³/mol. The van der Waals surface area contributed by atoms with Gasteiger partial charge in [0, 0.05) is 25.6 Å². The van der Waals surface area contributed by atoms with Gasteiger partial charge in [0.2, 0.25) is 5.91 Å². The summed E-state index contributed by atoms with van der Waals surface area (Å²) >= 11 is 0. The topological polar surface area (TPSA) is 32.8 Å². The van der Waals surface area contributed by atoms with Gasteiger partial charge in [-0.1, -0.05) is 0 Å². The number of rotatable bonds is 1. The van der Waals surface area contributed by atoms with Gasteiger partial charge in [-0.2, -0.15) is 0 Å². The van der Waals surface area contributed by atoms with Crippen molar-refractivity contribution in [3.05, 3.63) is 0 Å². The molecule has 1 saturated carbocycles. The highest BCUT2D eigenvalue weighted by molar-refractivity contribution is 5.80. The van der Waals surface area contributed by atoms with E-state index in [1.165, 1.54) is 0 Å². The Morgan fingerprint density at radius 2 is 2.12 bits per heavy atom. The second-order valence-corrected chi connectivity index (χ2v) is 5.47. The molecule has 2 atom stereocenters. The molecule has 4 nitrogen and oxygen atoms in total. The SMILES string of the molecule is CN1CCO[C@H]2CN(C(=O)C3CC(F)C3)C[C@H]21. The molecule has 2 heterocycles. The summed E-state index contributed by atoms with van der Waals surface area (Å²) in [7, 11) is 2.08. The predicted octanol–water partition coefficient (Wildman–Crippen LogP) is 0.276. The molecular formula is C12H19FN2O2. The Morgan fingerprint density at radius 3 is 2.76 bits per heavy atom. The van der Waals surface area contributed by atoms with Crippen LogP contribution in [-0.2, 0) is 9.53 Å². The number of carbonyl (C=O) groups is 1. The Labute approximate surface area is 101 Å². The van der Waals surface area contributed by atoms with Gasteiger partial charge < -0.3 is 9.64 Å². The van der Waals surface area contributed by atoms with E-state index >= 15 is 0 Å². The smallest absolute Gasteiger partial charge is 0.226 e. The van der Waals surface area contributed by atoms with Gasteiger partial charge in [-0.05, 0) is 19.9 Å². The summed E-state index contributed by atoms with van der Waals surface area (Å²) in [6.45, 7) is 3.10. The number of hydrogen-bond donors (Lipinski definition) is 0. The van der Waals surface area contributed by atoms with Crippen LogP contribution in [0, 0.1) is 5.92 Å². The van der Waals surface area contributed by atoms with Crippen molar-refractivity contribution in [2.45, 2.75) is 31.2 Å². The molecule has 17 heavy (non-hydrogen) atoms. The van der Waals surface area contributed by atoms with E-state index < -0.39 is 6.17 Å². The van der Waals surface area contributed by atoms with Crippen molar-refractivity contribution >= 4 is 5.91 Å².